The Morgan fingerprint density at radius 2 is 1.69 bits per heavy atom. The lowest BCUT2D eigenvalue weighted by atomic mass is 10.0. The van der Waals surface area contributed by atoms with Crippen molar-refractivity contribution in [1.29, 1.82) is 0 Å². The standard InChI is InChI=1S/C20H23FN2O3/c1-14(2)19(20(25)22-12-15-8-6-7-11-17(15)21)23-18(24)13-26-16-9-4-3-5-10-16/h3-11,14,19H,12-13H2,1-2H3,(H,22,25)(H,23,24). The fourth-order valence-corrected chi connectivity index (χ4v) is 2.35. The first-order valence-corrected chi connectivity index (χ1v) is 8.45. The molecule has 2 amide bonds. The summed E-state index contributed by atoms with van der Waals surface area (Å²) in [6, 6.07) is 14.5. The summed E-state index contributed by atoms with van der Waals surface area (Å²) in [4.78, 5) is 24.5. The summed E-state index contributed by atoms with van der Waals surface area (Å²) >= 11 is 0. The largest absolute Gasteiger partial charge is 0.484 e. The van der Waals surface area contributed by atoms with Crippen molar-refractivity contribution >= 4 is 11.8 Å². The molecule has 2 rings (SSSR count). The van der Waals surface area contributed by atoms with Gasteiger partial charge in [-0.05, 0) is 24.1 Å². The van der Waals surface area contributed by atoms with Crippen LogP contribution in [0.3, 0.4) is 0 Å². The summed E-state index contributed by atoms with van der Waals surface area (Å²) in [5, 5.41) is 5.33. The SMILES string of the molecule is CC(C)C(NC(=O)COc1ccccc1)C(=O)NCc1ccccc1F. The Hall–Kier alpha value is -2.89. The maximum atomic E-state index is 13.6. The average Bonchev–Trinajstić information content (AvgIpc) is 2.64. The van der Waals surface area contributed by atoms with Crippen LogP contribution in [0.5, 0.6) is 5.75 Å². The first-order valence-electron chi connectivity index (χ1n) is 8.45. The van der Waals surface area contributed by atoms with Crippen LogP contribution in [-0.2, 0) is 16.1 Å². The Kier molecular flexibility index (Phi) is 7.14. The molecule has 1 unspecified atom stereocenters. The van der Waals surface area contributed by atoms with Gasteiger partial charge in [0.05, 0.1) is 0 Å². The molecule has 0 aliphatic rings. The predicted octanol–water partition coefficient (Wildman–Crippen LogP) is 2.66. The third-order valence-corrected chi connectivity index (χ3v) is 3.79. The molecule has 0 saturated carbocycles. The Morgan fingerprint density at radius 1 is 1.04 bits per heavy atom. The van der Waals surface area contributed by atoms with Crippen LogP contribution in [0.4, 0.5) is 4.39 Å². The van der Waals surface area contributed by atoms with Gasteiger partial charge in [0.2, 0.25) is 5.91 Å². The number of amides is 2. The molecule has 0 aromatic heterocycles. The minimum absolute atomic E-state index is 0.0606. The van der Waals surface area contributed by atoms with Gasteiger partial charge in [-0.15, -0.1) is 0 Å². The monoisotopic (exact) mass is 358 g/mol. The lowest BCUT2D eigenvalue weighted by Crippen LogP contribution is -2.50. The number of carbonyl (C=O) groups is 2. The molecular formula is C20H23FN2O3. The van der Waals surface area contributed by atoms with Crippen LogP contribution in [0, 0.1) is 11.7 Å². The van der Waals surface area contributed by atoms with Gasteiger partial charge >= 0.3 is 0 Å². The smallest absolute Gasteiger partial charge is 0.258 e. The average molecular weight is 358 g/mol. The number of hydrogen-bond donors (Lipinski definition) is 2. The normalized spacial score (nSPS) is 11.7. The minimum Gasteiger partial charge on any atom is -0.484 e. The Bertz CT molecular complexity index is 735. The zero-order valence-electron chi connectivity index (χ0n) is 14.9. The van der Waals surface area contributed by atoms with Gasteiger partial charge in [-0.25, -0.2) is 4.39 Å². The van der Waals surface area contributed by atoms with Crippen LogP contribution in [0.1, 0.15) is 19.4 Å². The first-order chi connectivity index (χ1) is 12.5. The summed E-state index contributed by atoms with van der Waals surface area (Å²) in [6.07, 6.45) is 0. The van der Waals surface area contributed by atoms with Crippen molar-refractivity contribution < 1.29 is 18.7 Å². The molecular weight excluding hydrogens is 335 g/mol. The predicted molar refractivity (Wildman–Crippen MR) is 97.0 cm³/mol. The molecule has 2 N–H and O–H groups in total. The molecule has 0 radical (unpaired) electrons. The molecule has 2 aromatic rings. The quantitative estimate of drug-likeness (QED) is 0.762. The van der Waals surface area contributed by atoms with Gasteiger partial charge < -0.3 is 15.4 Å². The van der Waals surface area contributed by atoms with Crippen molar-refractivity contribution in [1.82, 2.24) is 10.6 Å². The number of hydrogen-bond acceptors (Lipinski definition) is 3. The van der Waals surface area contributed by atoms with E-state index in [2.05, 4.69) is 10.6 Å². The molecule has 0 saturated heterocycles. The molecule has 0 heterocycles. The summed E-state index contributed by atoms with van der Waals surface area (Å²) in [5.74, 6) is -0.692. The highest BCUT2D eigenvalue weighted by Crippen LogP contribution is 2.09. The number of rotatable bonds is 8. The minimum atomic E-state index is -0.728. The van der Waals surface area contributed by atoms with E-state index in [-0.39, 0.29) is 30.8 Å². The van der Waals surface area contributed by atoms with Gasteiger partial charge in [0, 0.05) is 12.1 Å². The van der Waals surface area contributed by atoms with E-state index in [4.69, 9.17) is 4.74 Å². The second-order valence-corrected chi connectivity index (χ2v) is 6.20. The van der Waals surface area contributed by atoms with Gasteiger partial charge in [0.1, 0.15) is 17.6 Å². The van der Waals surface area contributed by atoms with Crippen LogP contribution >= 0.6 is 0 Å². The summed E-state index contributed by atoms with van der Waals surface area (Å²) in [5.41, 5.74) is 0.391. The van der Waals surface area contributed by atoms with Gasteiger partial charge in [-0.1, -0.05) is 50.2 Å². The van der Waals surface area contributed by atoms with Crippen LogP contribution < -0.4 is 15.4 Å². The number of nitrogens with one attached hydrogen (secondary N) is 2. The van der Waals surface area contributed by atoms with Crippen molar-refractivity contribution in [3.8, 4) is 5.75 Å². The van der Waals surface area contributed by atoms with Crippen molar-refractivity contribution in [2.75, 3.05) is 6.61 Å². The van der Waals surface area contributed by atoms with Crippen molar-refractivity contribution in [2.45, 2.75) is 26.4 Å². The van der Waals surface area contributed by atoms with Crippen molar-refractivity contribution in [3.05, 3.63) is 66.0 Å². The summed E-state index contributed by atoms with van der Waals surface area (Å²) in [6.45, 7) is 3.52. The van der Waals surface area contributed by atoms with E-state index in [1.165, 1.54) is 6.07 Å². The molecule has 2 aromatic carbocycles. The zero-order chi connectivity index (χ0) is 18.9. The second kappa shape index (κ2) is 9.56. The lowest BCUT2D eigenvalue weighted by molar-refractivity contribution is -0.131. The molecule has 6 heteroatoms. The van der Waals surface area contributed by atoms with Gasteiger partial charge in [0.15, 0.2) is 6.61 Å². The summed E-state index contributed by atoms with van der Waals surface area (Å²) in [7, 11) is 0. The number of halogens is 1. The maximum Gasteiger partial charge on any atom is 0.258 e. The van der Waals surface area contributed by atoms with Crippen LogP contribution in [0.15, 0.2) is 54.6 Å². The highest BCUT2D eigenvalue weighted by molar-refractivity contribution is 5.88. The van der Waals surface area contributed by atoms with Crippen LogP contribution in [0.25, 0.3) is 0 Å². The molecule has 1 atom stereocenters. The van der Waals surface area contributed by atoms with E-state index in [1.54, 1.807) is 42.5 Å². The topological polar surface area (TPSA) is 67.4 Å². The van der Waals surface area contributed by atoms with E-state index in [0.29, 0.717) is 11.3 Å². The summed E-state index contributed by atoms with van der Waals surface area (Å²) < 4.78 is 19.0. The second-order valence-electron chi connectivity index (χ2n) is 6.20. The highest BCUT2D eigenvalue weighted by Gasteiger charge is 2.24. The Morgan fingerprint density at radius 3 is 2.35 bits per heavy atom. The van der Waals surface area contributed by atoms with Gasteiger partial charge in [0.25, 0.3) is 5.91 Å². The van der Waals surface area contributed by atoms with Gasteiger partial charge in [-0.3, -0.25) is 9.59 Å². The fraction of sp³-hybridized carbons (Fsp3) is 0.300. The first kappa shape index (κ1) is 19.4. The van der Waals surface area contributed by atoms with E-state index in [0.717, 1.165) is 0 Å². The molecule has 0 fully saturated rings. The fourth-order valence-electron chi connectivity index (χ4n) is 2.35. The maximum absolute atomic E-state index is 13.6. The lowest BCUT2D eigenvalue weighted by Gasteiger charge is -2.22. The molecule has 0 spiro atoms. The third kappa shape index (κ3) is 5.88. The molecule has 0 aliphatic carbocycles. The molecule has 138 valence electrons. The number of ether oxygens (including phenoxy) is 1. The molecule has 0 aliphatic heterocycles. The number of para-hydroxylation sites is 1. The molecule has 5 nitrogen and oxygen atoms in total. The highest BCUT2D eigenvalue weighted by atomic mass is 19.1. The Balaban J connectivity index is 1.87. The van der Waals surface area contributed by atoms with Crippen LogP contribution in [-0.4, -0.2) is 24.5 Å². The number of benzene rings is 2. The van der Waals surface area contributed by atoms with Crippen molar-refractivity contribution in [3.63, 3.8) is 0 Å². The zero-order valence-corrected chi connectivity index (χ0v) is 14.9. The van der Waals surface area contributed by atoms with E-state index in [9.17, 15) is 14.0 Å². The molecule has 0 bridgehead atoms. The third-order valence-electron chi connectivity index (χ3n) is 3.79. The van der Waals surface area contributed by atoms with E-state index in [1.807, 2.05) is 19.9 Å². The van der Waals surface area contributed by atoms with E-state index >= 15 is 0 Å². The molecule has 26 heavy (non-hydrogen) atoms. The number of carbonyl (C=O) groups excluding carboxylic acids is 2. The van der Waals surface area contributed by atoms with Crippen molar-refractivity contribution in [2.24, 2.45) is 5.92 Å². The van der Waals surface area contributed by atoms with Gasteiger partial charge in [-0.2, -0.15) is 0 Å². The van der Waals surface area contributed by atoms with E-state index < -0.39 is 11.9 Å². The Labute approximate surface area is 152 Å². The van der Waals surface area contributed by atoms with Crippen LogP contribution in [0.2, 0.25) is 0 Å².